The number of likely N-dealkylation sites (tertiary alicyclic amines) is 1. The largest absolute Gasteiger partial charge is 0.474 e. The lowest BCUT2D eigenvalue weighted by Gasteiger charge is -2.26. The number of nitrogens with one attached hydrogen (secondary N) is 2. The molecule has 31 heavy (non-hydrogen) atoms. The van der Waals surface area contributed by atoms with E-state index in [0.717, 1.165) is 56.7 Å². The number of aromatic nitrogens is 1. The van der Waals surface area contributed by atoms with Crippen molar-refractivity contribution in [2.45, 2.75) is 82.9 Å². The third-order valence-electron chi connectivity index (χ3n) is 6.87. The molecule has 4 rings (SSSR count). The maximum absolute atomic E-state index is 12.8. The van der Waals surface area contributed by atoms with E-state index in [9.17, 15) is 4.79 Å². The first-order chi connectivity index (χ1) is 15.2. The molecule has 1 aromatic heterocycles. The van der Waals surface area contributed by atoms with E-state index in [1.54, 1.807) is 7.05 Å². The van der Waals surface area contributed by atoms with Crippen molar-refractivity contribution in [2.24, 2.45) is 10.9 Å². The van der Waals surface area contributed by atoms with Crippen LogP contribution in [0.1, 0.15) is 69.8 Å². The summed E-state index contributed by atoms with van der Waals surface area (Å²) in [4.78, 5) is 23.6. The summed E-state index contributed by atoms with van der Waals surface area (Å²) in [7, 11) is 1.78. The van der Waals surface area contributed by atoms with Gasteiger partial charge < -0.3 is 20.3 Å². The van der Waals surface area contributed by atoms with E-state index in [2.05, 4.69) is 26.7 Å². The molecule has 170 valence electrons. The number of hydrogen-bond donors (Lipinski definition) is 2. The van der Waals surface area contributed by atoms with Gasteiger partial charge in [-0.3, -0.25) is 9.79 Å². The second-order valence-electron chi connectivity index (χ2n) is 9.20. The van der Waals surface area contributed by atoms with Crippen LogP contribution < -0.4 is 15.4 Å². The van der Waals surface area contributed by atoms with E-state index in [1.165, 1.54) is 32.1 Å². The lowest BCUT2D eigenvalue weighted by molar-refractivity contribution is -0.135. The van der Waals surface area contributed by atoms with Gasteiger partial charge in [0.05, 0.1) is 0 Å². The summed E-state index contributed by atoms with van der Waals surface area (Å²) < 4.78 is 5.94. The minimum atomic E-state index is 0.248. The zero-order valence-corrected chi connectivity index (χ0v) is 18.8. The average molecular weight is 428 g/mol. The molecule has 2 saturated carbocycles. The molecule has 7 heteroatoms. The molecule has 1 atom stereocenters. The minimum absolute atomic E-state index is 0.248. The van der Waals surface area contributed by atoms with E-state index in [0.29, 0.717) is 24.4 Å². The lowest BCUT2D eigenvalue weighted by atomic mass is 9.88. The molecule has 0 spiro atoms. The zero-order valence-electron chi connectivity index (χ0n) is 18.8. The van der Waals surface area contributed by atoms with Crippen molar-refractivity contribution in [3.63, 3.8) is 0 Å². The minimum Gasteiger partial charge on any atom is -0.474 e. The van der Waals surface area contributed by atoms with Gasteiger partial charge in [-0.1, -0.05) is 25.3 Å². The second-order valence-corrected chi connectivity index (χ2v) is 9.20. The number of ether oxygens (including phenoxy) is 1. The fourth-order valence-corrected chi connectivity index (χ4v) is 5.02. The van der Waals surface area contributed by atoms with Crippen LogP contribution in [0, 0.1) is 5.92 Å². The summed E-state index contributed by atoms with van der Waals surface area (Å²) in [5.41, 5.74) is 1.09. The Morgan fingerprint density at radius 2 is 1.90 bits per heavy atom. The normalized spacial score (nSPS) is 23.2. The highest BCUT2D eigenvalue weighted by molar-refractivity contribution is 5.81. The van der Waals surface area contributed by atoms with Crippen LogP contribution in [-0.2, 0) is 11.3 Å². The summed E-state index contributed by atoms with van der Waals surface area (Å²) in [6.45, 7) is 2.26. The molecular weight excluding hydrogens is 390 g/mol. The molecule has 2 aliphatic carbocycles. The molecular formula is C24H37N5O2. The van der Waals surface area contributed by atoms with Gasteiger partial charge in [-0.05, 0) is 50.5 Å². The predicted octanol–water partition coefficient (Wildman–Crippen LogP) is 3.25. The molecule has 0 bridgehead atoms. The molecule has 2 N–H and O–H groups in total. The summed E-state index contributed by atoms with van der Waals surface area (Å²) in [6, 6.07) is 4.26. The quantitative estimate of drug-likeness (QED) is 0.538. The van der Waals surface area contributed by atoms with Gasteiger partial charge in [-0.2, -0.15) is 0 Å². The number of rotatable bonds is 6. The van der Waals surface area contributed by atoms with Crippen LogP contribution in [0.3, 0.4) is 0 Å². The van der Waals surface area contributed by atoms with E-state index in [1.807, 2.05) is 17.2 Å². The van der Waals surface area contributed by atoms with E-state index < -0.39 is 0 Å². The van der Waals surface area contributed by atoms with Gasteiger partial charge >= 0.3 is 0 Å². The summed E-state index contributed by atoms with van der Waals surface area (Å²) in [5, 5.41) is 6.85. The summed E-state index contributed by atoms with van der Waals surface area (Å²) in [5.74, 6) is 2.09. The Labute approximate surface area is 186 Å². The van der Waals surface area contributed by atoms with E-state index in [-0.39, 0.29) is 12.0 Å². The first kappa shape index (κ1) is 21.9. The van der Waals surface area contributed by atoms with Crippen LogP contribution in [0.5, 0.6) is 5.88 Å². The van der Waals surface area contributed by atoms with Crippen molar-refractivity contribution in [2.75, 3.05) is 20.1 Å². The van der Waals surface area contributed by atoms with E-state index in [4.69, 9.17) is 4.74 Å². The molecule has 3 aliphatic rings. The molecule has 1 unspecified atom stereocenters. The molecule has 1 aliphatic heterocycles. The van der Waals surface area contributed by atoms with Crippen LogP contribution in [0.2, 0.25) is 0 Å². The van der Waals surface area contributed by atoms with Crippen molar-refractivity contribution >= 4 is 11.9 Å². The molecule has 1 saturated heterocycles. The molecule has 0 radical (unpaired) electrons. The number of nitrogens with zero attached hydrogens (tertiary/aromatic N) is 3. The molecule has 0 aromatic carbocycles. The van der Waals surface area contributed by atoms with Gasteiger partial charge in [0.25, 0.3) is 0 Å². The van der Waals surface area contributed by atoms with Crippen molar-refractivity contribution in [1.29, 1.82) is 0 Å². The first-order valence-corrected chi connectivity index (χ1v) is 12.1. The van der Waals surface area contributed by atoms with Crippen LogP contribution in [0.15, 0.2) is 23.3 Å². The molecule has 7 nitrogen and oxygen atoms in total. The average Bonchev–Trinajstić information content (AvgIpc) is 3.50. The van der Waals surface area contributed by atoms with Crippen LogP contribution in [0.4, 0.5) is 0 Å². The number of carbonyl (C=O) groups is 1. The van der Waals surface area contributed by atoms with Gasteiger partial charge in [0.1, 0.15) is 6.10 Å². The van der Waals surface area contributed by atoms with Crippen molar-refractivity contribution in [1.82, 2.24) is 20.5 Å². The summed E-state index contributed by atoms with van der Waals surface area (Å²) >= 11 is 0. The molecule has 1 amide bonds. The number of hydrogen-bond acceptors (Lipinski definition) is 4. The Morgan fingerprint density at radius 3 is 2.61 bits per heavy atom. The Morgan fingerprint density at radius 1 is 1.13 bits per heavy atom. The van der Waals surface area contributed by atoms with E-state index >= 15 is 0 Å². The number of guanidine groups is 1. The number of pyridine rings is 1. The fourth-order valence-electron chi connectivity index (χ4n) is 5.02. The first-order valence-electron chi connectivity index (χ1n) is 12.1. The monoisotopic (exact) mass is 427 g/mol. The van der Waals surface area contributed by atoms with Gasteiger partial charge in [0, 0.05) is 50.9 Å². The van der Waals surface area contributed by atoms with Gasteiger partial charge in [0.2, 0.25) is 11.8 Å². The summed E-state index contributed by atoms with van der Waals surface area (Å²) in [6.07, 6.45) is 13.8. The molecule has 1 aromatic rings. The molecule has 3 fully saturated rings. The van der Waals surface area contributed by atoms with Crippen LogP contribution in [0.25, 0.3) is 0 Å². The third kappa shape index (κ3) is 6.11. The SMILES string of the molecule is CN=C(NCc1ccc(OC2CCCC2)nc1)NC1CCN(C(=O)C2CCCCC2)C1. The lowest BCUT2D eigenvalue weighted by Crippen LogP contribution is -2.45. The highest BCUT2D eigenvalue weighted by Gasteiger charge is 2.31. The highest BCUT2D eigenvalue weighted by atomic mass is 16.5. The zero-order chi connectivity index (χ0) is 21.5. The van der Waals surface area contributed by atoms with Gasteiger partial charge in [-0.15, -0.1) is 0 Å². The van der Waals surface area contributed by atoms with Crippen molar-refractivity contribution in [3.8, 4) is 5.88 Å². The fraction of sp³-hybridized carbons (Fsp3) is 0.708. The smallest absolute Gasteiger partial charge is 0.225 e. The third-order valence-corrected chi connectivity index (χ3v) is 6.87. The maximum Gasteiger partial charge on any atom is 0.225 e. The number of carbonyl (C=O) groups excluding carboxylic acids is 1. The molecule has 2 heterocycles. The Bertz CT molecular complexity index is 739. The standard InChI is InChI=1S/C24H37N5O2/c1-25-24(27-16-18-11-12-22(26-15-18)31-21-9-5-6-10-21)28-20-13-14-29(17-20)23(30)19-7-3-2-4-8-19/h11-12,15,19-21H,2-10,13-14,16-17H2,1H3,(H2,25,27,28). The van der Waals surface area contributed by atoms with Crippen molar-refractivity contribution < 1.29 is 9.53 Å². The Hall–Kier alpha value is -2.31. The predicted molar refractivity (Wildman–Crippen MR) is 122 cm³/mol. The second kappa shape index (κ2) is 10.8. The van der Waals surface area contributed by atoms with Crippen molar-refractivity contribution in [3.05, 3.63) is 23.9 Å². The number of amides is 1. The van der Waals surface area contributed by atoms with Crippen LogP contribution >= 0.6 is 0 Å². The topological polar surface area (TPSA) is 78.9 Å². The number of aliphatic imine (C=N–C) groups is 1. The Kier molecular flexibility index (Phi) is 7.65. The van der Waals surface area contributed by atoms with Gasteiger partial charge in [0.15, 0.2) is 5.96 Å². The van der Waals surface area contributed by atoms with Gasteiger partial charge in [-0.25, -0.2) is 4.98 Å². The van der Waals surface area contributed by atoms with Crippen LogP contribution in [-0.4, -0.2) is 54.0 Å². The maximum atomic E-state index is 12.8. The Balaban J connectivity index is 1.20. The highest BCUT2D eigenvalue weighted by Crippen LogP contribution is 2.27.